The van der Waals surface area contributed by atoms with Crippen LogP contribution in [0.25, 0.3) is 0 Å². The van der Waals surface area contributed by atoms with Crippen molar-refractivity contribution in [2.75, 3.05) is 25.5 Å². The van der Waals surface area contributed by atoms with E-state index in [0.717, 1.165) is 42.1 Å². The van der Waals surface area contributed by atoms with Crippen LogP contribution in [0, 0.1) is 17.7 Å². The van der Waals surface area contributed by atoms with Crippen LogP contribution >= 0.6 is 0 Å². The van der Waals surface area contributed by atoms with Crippen LogP contribution in [0.4, 0.5) is 32.0 Å². The van der Waals surface area contributed by atoms with Gasteiger partial charge in [0, 0.05) is 43.4 Å². The van der Waals surface area contributed by atoms with E-state index in [1.165, 1.54) is 6.92 Å². The SMILES string of the molecule is C[C@@H](NC(=O)c1cn([C@H]2CCC2(F)F)c(=O)cc1N[C@H]1[C@@H]2CN(C)C[C@@H]21)c1cccc(C(F)(F)F)c1F. The molecule has 2 aromatic rings. The summed E-state index contributed by atoms with van der Waals surface area (Å²) in [6, 6.07) is 1.31. The summed E-state index contributed by atoms with van der Waals surface area (Å²) in [6.45, 7) is 2.99. The predicted octanol–water partition coefficient (Wildman–Crippen LogP) is 4.44. The molecule has 2 N–H and O–H groups in total. The Kier molecular flexibility index (Phi) is 6.08. The number of alkyl halides is 5. The highest BCUT2D eigenvalue weighted by Crippen LogP contribution is 2.48. The minimum absolute atomic E-state index is 0.00137. The third-order valence-electron chi connectivity index (χ3n) is 7.75. The van der Waals surface area contributed by atoms with Gasteiger partial charge in [0.25, 0.3) is 17.4 Å². The average Bonchev–Trinajstić information content (AvgIpc) is 3.23. The van der Waals surface area contributed by atoms with Gasteiger partial charge in [-0.1, -0.05) is 12.1 Å². The van der Waals surface area contributed by atoms with E-state index < -0.39 is 47.0 Å². The summed E-state index contributed by atoms with van der Waals surface area (Å²) in [6.07, 6.45) is -4.17. The molecular formula is C25H26F6N4O2. The van der Waals surface area contributed by atoms with Gasteiger partial charge < -0.3 is 20.1 Å². The lowest BCUT2D eigenvalue weighted by molar-refractivity contribution is -0.140. The summed E-state index contributed by atoms with van der Waals surface area (Å²) in [5, 5.41) is 5.66. The predicted molar refractivity (Wildman–Crippen MR) is 123 cm³/mol. The van der Waals surface area contributed by atoms with Crippen LogP contribution < -0.4 is 16.2 Å². The minimum atomic E-state index is -4.92. The van der Waals surface area contributed by atoms with Crippen LogP contribution in [0.1, 0.15) is 53.3 Å². The number of hydrogen-bond donors (Lipinski definition) is 2. The quantitative estimate of drug-likeness (QED) is 0.545. The van der Waals surface area contributed by atoms with Crippen LogP contribution in [0.3, 0.4) is 0 Å². The van der Waals surface area contributed by atoms with E-state index in [4.69, 9.17) is 0 Å². The molecule has 2 saturated carbocycles. The lowest BCUT2D eigenvalue weighted by atomic mass is 9.87. The molecule has 0 unspecified atom stereocenters. The summed E-state index contributed by atoms with van der Waals surface area (Å²) < 4.78 is 83.1. The van der Waals surface area contributed by atoms with E-state index in [0.29, 0.717) is 17.9 Å². The lowest BCUT2D eigenvalue weighted by Gasteiger charge is -2.37. The molecule has 3 fully saturated rings. The number of benzene rings is 1. The number of fused-ring (bicyclic) bond motifs is 1. The number of nitrogens with zero attached hydrogens (tertiary/aromatic N) is 2. The van der Waals surface area contributed by atoms with Gasteiger partial charge in [0.2, 0.25) is 0 Å². The topological polar surface area (TPSA) is 66.4 Å². The maximum Gasteiger partial charge on any atom is 0.419 e. The second kappa shape index (κ2) is 8.78. The number of amides is 1. The number of carbonyl (C=O) groups is 1. The fourth-order valence-corrected chi connectivity index (χ4v) is 5.51. The molecule has 6 nitrogen and oxygen atoms in total. The molecule has 200 valence electrons. The Hall–Kier alpha value is -3.02. The first-order valence-electron chi connectivity index (χ1n) is 12.0. The minimum Gasteiger partial charge on any atom is -0.381 e. The van der Waals surface area contributed by atoms with Gasteiger partial charge in [0.15, 0.2) is 0 Å². The Labute approximate surface area is 208 Å². The largest absolute Gasteiger partial charge is 0.419 e. The molecule has 0 bridgehead atoms. The van der Waals surface area contributed by atoms with E-state index in [1.807, 2.05) is 7.05 Å². The van der Waals surface area contributed by atoms with Crippen molar-refractivity contribution in [3.05, 3.63) is 63.3 Å². The third-order valence-corrected chi connectivity index (χ3v) is 7.75. The van der Waals surface area contributed by atoms with E-state index in [9.17, 15) is 35.9 Å². The monoisotopic (exact) mass is 528 g/mol. The first kappa shape index (κ1) is 25.6. The summed E-state index contributed by atoms with van der Waals surface area (Å²) in [5.74, 6) is -4.80. The van der Waals surface area contributed by atoms with Gasteiger partial charge in [-0.15, -0.1) is 0 Å². The number of nitrogens with one attached hydrogen (secondary N) is 2. The van der Waals surface area contributed by atoms with Crippen molar-refractivity contribution in [3.8, 4) is 0 Å². The number of pyridine rings is 1. The van der Waals surface area contributed by atoms with Gasteiger partial charge in [-0.3, -0.25) is 9.59 Å². The maximum atomic E-state index is 14.6. The number of anilines is 1. The molecule has 1 aliphatic heterocycles. The number of hydrogen-bond acceptors (Lipinski definition) is 4. The average molecular weight is 528 g/mol. The standard InChI is InChI=1S/C25H26F6N4O2/c1-12(13-4-3-5-17(21(13)26)25(29,30)31)32-23(37)16-11-35(19-6-7-24(19,27)28)20(36)8-18(16)33-22-14-9-34(2)10-15(14)22/h3-5,8,11-12,14-15,19,22,33H,6-7,9-10H2,1-2H3,(H,32,37)/t12-,14-,15+,19+,22+/m1/s1. The summed E-state index contributed by atoms with van der Waals surface area (Å²) in [5.41, 5.74) is -2.49. The highest BCUT2D eigenvalue weighted by atomic mass is 19.4. The summed E-state index contributed by atoms with van der Waals surface area (Å²) in [7, 11) is 1.98. The normalized spacial score (nSPS) is 27.2. The van der Waals surface area contributed by atoms with E-state index in [-0.39, 0.29) is 35.7 Å². The molecule has 2 aliphatic carbocycles. The number of likely N-dealkylation sites (tertiary alicyclic amines) is 1. The maximum absolute atomic E-state index is 14.6. The van der Waals surface area contributed by atoms with Gasteiger partial charge in [0.1, 0.15) is 11.9 Å². The first-order valence-corrected chi connectivity index (χ1v) is 12.0. The highest BCUT2D eigenvalue weighted by Gasteiger charge is 2.55. The Morgan fingerprint density at radius 3 is 2.43 bits per heavy atom. The molecule has 5 rings (SSSR count). The van der Waals surface area contributed by atoms with Crippen LogP contribution in [0.5, 0.6) is 0 Å². The third kappa shape index (κ3) is 4.60. The van der Waals surface area contributed by atoms with Gasteiger partial charge in [-0.2, -0.15) is 13.2 Å². The van der Waals surface area contributed by atoms with Gasteiger partial charge in [0.05, 0.1) is 22.9 Å². The number of piperidine rings is 1. The van der Waals surface area contributed by atoms with Crippen LogP contribution in [0.2, 0.25) is 0 Å². The second-order valence-corrected chi connectivity index (χ2v) is 10.3. The molecule has 1 amide bonds. The molecule has 2 heterocycles. The van der Waals surface area contributed by atoms with E-state index >= 15 is 0 Å². The number of rotatable bonds is 6. The fraction of sp³-hybridized carbons (Fsp3) is 0.520. The van der Waals surface area contributed by atoms with Gasteiger partial charge >= 0.3 is 6.18 Å². The Balaban J connectivity index is 1.45. The molecule has 0 radical (unpaired) electrons. The van der Waals surface area contributed by atoms with Crippen molar-refractivity contribution in [1.82, 2.24) is 14.8 Å². The smallest absolute Gasteiger partial charge is 0.381 e. The van der Waals surface area contributed by atoms with Crippen molar-refractivity contribution in [1.29, 1.82) is 0 Å². The van der Waals surface area contributed by atoms with Crippen molar-refractivity contribution in [3.63, 3.8) is 0 Å². The van der Waals surface area contributed by atoms with Crippen molar-refractivity contribution < 1.29 is 31.1 Å². The highest BCUT2D eigenvalue weighted by molar-refractivity contribution is 5.99. The van der Waals surface area contributed by atoms with Crippen LogP contribution in [-0.2, 0) is 6.18 Å². The molecule has 1 aromatic carbocycles. The molecule has 1 saturated heterocycles. The van der Waals surface area contributed by atoms with Crippen molar-refractivity contribution >= 4 is 11.6 Å². The summed E-state index contributed by atoms with van der Waals surface area (Å²) >= 11 is 0. The Bertz CT molecular complexity index is 1280. The van der Waals surface area contributed by atoms with Gasteiger partial charge in [-0.25, -0.2) is 13.2 Å². The summed E-state index contributed by atoms with van der Waals surface area (Å²) in [4.78, 5) is 28.2. The van der Waals surface area contributed by atoms with Crippen molar-refractivity contribution in [2.45, 2.75) is 50.0 Å². The molecule has 0 spiro atoms. The Morgan fingerprint density at radius 1 is 1.19 bits per heavy atom. The molecule has 12 heteroatoms. The second-order valence-electron chi connectivity index (χ2n) is 10.3. The number of halogens is 6. The van der Waals surface area contributed by atoms with Crippen LogP contribution in [-0.4, -0.2) is 47.5 Å². The van der Waals surface area contributed by atoms with Gasteiger partial charge in [-0.05, 0) is 38.3 Å². The molecule has 3 aliphatic rings. The zero-order valence-electron chi connectivity index (χ0n) is 20.1. The first-order chi connectivity index (χ1) is 17.3. The van der Waals surface area contributed by atoms with E-state index in [1.54, 1.807) is 0 Å². The zero-order chi connectivity index (χ0) is 26.9. The molecular weight excluding hydrogens is 502 g/mol. The van der Waals surface area contributed by atoms with E-state index in [2.05, 4.69) is 15.5 Å². The van der Waals surface area contributed by atoms with Crippen molar-refractivity contribution in [2.24, 2.45) is 11.8 Å². The lowest BCUT2D eigenvalue weighted by Crippen LogP contribution is -2.45. The zero-order valence-corrected chi connectivity index (χ0v) is 20.1. The number of aromatic nitrogens is 1. The molecule has 37 heavy (non-hydrogen) atoms. The molecule has 1 aromatic heterocycles. The molecule has 5 atom stereocenters. The Morgan fingerprint density at radius 2 is 1.86 bits per heavy atom. The fourth-order valence-electron chi connectivity index (χ4n) is 5.51. The number of carbonyl (C=O) groups excluding carboxylic acids is 1. The van der Waals surface area contributed by atoms with Crippen LogP contribution in [0.15, 0.2) is 35.3 Å².